The smallest absolute Gasteiger partial charge is 0.157 e. The summed E-state index contributed by atoms with van der Waals surface area (Å²) in [5.41, 5.74) is 2.52. The van der Waals surface area contributed by atoms with Crippen molar-refractivity contribution in [2.45, 2.75) is 39.0 Å². The summed E-state index contributed by atoms with van der Waals surface area (Å²) in [5.74, 6) is -0.0996. The highest BCUT2D eigenvalue weighted by Gasteiger charge is 2.17. The molecule has 1 aliphatic rings. The number of nitrogens with zero attached hydrogens (tertiary/aromatic N) is 1. The third-order valence-electron chi connectivity index (χ3n) is 3.11. The SMILES string of the molecule is CCC1CN=C(NCc2cc(C)c(F)c(C)c2)S1. The quantitative estimate of drug-likeness (QED) is 0.906. The van der Waals surface area contributed by atoms with Crippen molar-refractivity contribution >= 4 is 16.9 Å². The van der Waals surface area contributed by atoms with Gasteiger partial charge in [0, 0.05) is 11.8 Å². The maximum Gasteiger partial charge on any atom is 0.157 e. The first-order chi connectivity index (χ1) is 8.60. The van der Waals surface area contributed by atoms with Crippen LogP contribution in [0.3, 0.4) is 0 Å². The van der Waals surface area contributed by atoms with Crippen molar-refractivity contribution in [1.29, 1.82) is 0 Å². The van der Waals surface area contributed by atoms with Crippen molar-refractivity contribution in [2.75, 3.05) is 6.54 Å². The lowest BCUT2D eigenvalue weighted by Gasteiger charge is -2.09. The summed E-state index contributed by atoms with van der Waals surface area (Å²) in [7, 11) is 0. The van der Waals surface area contributed by atoms with E-state index in [1.165, 1.54) is 0 Å². The van der Waals surface area contributed by atoms with Crippen molar-refractivity contribution in [2.24, 2.45) is 4.99 Å². The van der Waals surface area contributed by atoms with Gasteiger partial charge in [0.25, 0.3) is 0 Å². The van der Waals surface area contributed by atoms with Crippen LogP contribution in [0.4, 0.5) is 4.39 Å². The Bertz CT molecular complexity index is 448. The molecular formula is C14H19FN2S. The molecule has 0 amide bonds. The molecule has 0 saturated heterocycles. The zero-order chi connectivity index (χ0) is 13.1. The largest absolute Gasteiger partial charge is 0.361 e. The molecule has 0 aromatic heterocycles. The van der Waals surface area contributed by atoms with Crippen LogP contribution in [0.2, 0.25) is 0 Å². The van der Waals surface area contributed by atoms with Gasteiger partial charge in [-0.05, 0) is 37.0 Å². The van der Waals surface area contributed by atoms with Crippen LogP contribution >= 0.6 is 11.8 Å². The van der Waals surface area contributed by atoms with Gasteiger partial charge in [-0.3, -0.25) is 4.99 Å². The monoisotopic (exact) mass is 266 g/mol. The van der Waals surface area contributed by atoms with Gasteiger partial charge in [0.1, 0.15) is 5.82 Å². The number of amidine groups is 1. The molecule has 1 N–H and O–H groups in total. The van der Waals surface area contributed by atoms with E-state index in [1.807, 2.05) is 12.1 Å². The van der Waals surface area contributed by atoms with E-state index in [-0.39, 0.29) is 5.82 Å². The molecule has 0 spiro atoms. The Morgan fingerprint density at radius 2 is 2.06 bits per heavy atom. The van der Waals surface area contributed by atoms with E-state index in [2.05, 4.69) is 17.2 Å². The van der Waals surface area contributed by atoms with Crippen LogP contribution in [0.1, 0.15) is 30.0 Å². The van der Waals surface area contributed by atoms with E-state index >= 15 is 0 Å². The molecule has 0 saturated carbocycles. The third-order valence-corrected chi connectivity index (χ3v) is 4.42. The van der Waals surface area contributed by atoms with Gasteiger partial charge in [0.2, 0.25) is 0 Å². The summed E-state index contributed by atoms with van der Waals surface area (Å²) in [4.78, 5) is 4.46. The summed E-state index contributed by atoms with van der Waals surface area (Å²) in [6.45, 7) is 7.42. The Morgan fingerprint density at radius 1 is 1.39 bits per heavy atom. The molecule has 18 heavy (non-hydrogen) atoms. The fraction of sp³-hybridized carbons (Fsp3) is 0.500. The molecule has 0 fully saturated rings. The van der Waals surface area contributed by atoms with Gasteiger partial charge in [-0.1, -0.05) is 30.8 Å². The molecule has 4 heteroatoms. The van der Waals surface area contributed by atoms with Crippen LogP contribution in [0.25, 0.3) is 0 Å². The Morgan fingerprint density at radius 3 is 2.61 bits per heavy atom. The average Bonchev–Trinajstić information content (AvgIpc) is 2.81. The summed E-state index contributed by atoms with van der Waals surface area (Å²) < 4.78 is 13.5. The molecule has 1 aromatic carbocycles. The van der Waals surface area contributed by atoms with Gasteiger partial charge in [-0.2, -0.15) is 0 Å². The maximum absolute atomic E-state index is 13.5. The lowest BCUT2D eigenvalue weighted by Crippen LogP contribution is -2.19. The molecule has 1 aliphatic heterocycles. The number of aliphatic imine (C=N–C) groups is 1. The first-order valence-electron chi connectivity index (χ1n) is 6.30. The zero-order valence-electron chi connectivity index (χ0n) is 11.1. The second kappa shape index (κ2) is 5.74. The standard InChI is InChI=1S/C14H19FN2S/c1-4-12-8-17-14(18-12)16-7-11-5-9(2)13(15)10(3)6-11/h5-6,12H,4,7-8H2,1-3H3,(H,16,17). The van der Waals surface area contributed by atoms with Crippen LogP contribution in [0.5, 0.6) is 0 Å². The molecule has 2 nitrogen and oxygen atoms in total. The summed E-state index contributed by atoms with van der Waals surface area (Å²) in [6.07, 6.45) is 1.15. The number of benzene rings is 1. The highest BCUT2D eigenvalue weighted by molar-refractivity contribution is 8.14. The lowest BCUT2D eigenvalue weighted by molar-refractivity contribution is 0.608. The molecule has 1 heterocycles. The van der Waals surface area contributed by atoms with Crippen LogP contribution in [0.15, 0.2) is 17.1 Å². The van der Waals surface area contributed by atoms with E-state index in [0.29, 0.717) is 22.9 Å². The second-order valence-electron chi connectivity index (χ2n) is 4.69. The second-order valence-corrected chi connectivity index (χ2v) is 5.98. The van der Waals surface area contributed by atoms with Crippen LogP contribution in [-0.2, 0) is 6.54 Å². The maximum atomic E-state index is 13.5. The Labute approximate surface area is 112 Å². The number of aryl methyl sites for hydroxylation is 2. The van der Waals surface area contributed by atoms with Crippen molar-refractivity contribution in [3.63, 3.8) is 0 Å². The Balaban J connectivity index is 1.95. The summed E-state index contributed by atoms with van der Waals surface area (Å²) in [6, 6.07) is 3.79. The molecule has 98 valence electrons. The fourth-order valence-corrected chi connectivity index (χ4v) is 2.98. The lowest BCUT2D eigenvalue weighted by atomic mass is 10.1. The summed E-state index contributed by atoms with van der Waals surface area (Å²) in [5, 5.41) is 4.96. The molecule has 1 aromatic rings. The average molecular weight is 266 g/mol. The fourth-order valence-electron chi connectivity index (χ4n) is 2.04. The van der Waals surface area contributed by atoms with Crippen LogP contribution < -0.4 is 5.32 Å². The van der Waals surface area contributed by atoms with Crippen molar-refractivity contribution in [1.82, 2.24) is 5.32 Å². The first kappa shape index (κ1) is 13.4. The topological polar surface area (TPSA) is 24.4 Å². The van der Waals surface area contributed by atoms with Crippen LogP contribution in [-0.4, -0.2) is 17.0 Å². The van der Waals surface area contributed by atoms with Gasteiger partial charge < -0.3 is 5.32 Å². The number of rotatable bonds is 3. The molecule has 1 atom stereocenters. The molecule has 2 rings (SSSR count). The number of hydrogen-bond acceptors (Lipinski definition) is 3. The normalized spacial score (nSPS) is 18.9. The number of hydrogen-bond donors (Lipinski definition) is 1. The van der Waals surface area contributed by atoms with Gasteiger partial charge in [0.05, 0.1) is 6.54 Å². The molecule has 1 unspecified atom stereocenters. The van der Waals surface area contributed by atoms with Crippen LogP contribution in [0, 0.1) is 19.7 Å². The van der Waals surface area contributed by atoms with Gasteiger partial charge in [-0.25, -0.2) is 4.39 Å². The molecule has 0 radical (unpaired) electrons. The first-order valence-corrected chi connectivity index (χ1v) is 7.18. The molecule has 0 bridgehead atoms. The van der Waals surface area contributed by atoms with E-state index in [1.54, 1.807) is 25.6 Å². The minimum absolute atomic E-state index is 0.0996. The molecular weight excluding hydrogens is 247 g/mol. The highest BCUT2D eigenvalue weighted by atomic mass is 32.2. The number of thioether (sulfide) groups is 1. The predicted molar refractivity (Wildman–Crippen MR) is 76.7 cm³/mol. The predicted octanol–water partition coefficient (Wildman–Crippen LogP) is 3.41. The van der Waals surface area contributed by atoms with Crippen molar-refractivity contribution in [3.05, 3.63) is 34.6 Å². The van der Waals surface area contributed by atoms with Gasteiger partial charge in [-0.15, -0.1) is 0 Å². The minimum atomic E-state index is -0.0996. The van der Waals surface area contributed by atoms with E-state index in [0.717, 1.165) is 23.7 Å². The van der Waals surface area contributed by atoms with E-state index in [9.17, 15) is 4.39 Å². The molecule has 0 aliphatic carbocycles. The zero-order valence-corrected chi connectivity index (χ0v) is 11.9. The minimum Gasteiger partial charge on any atom is -0.361 e. The number of nitrogens with one attached hydrogen (secondary N) is 1. The Kier molecular flexibility index (Phi) is 4.27. The van der Waals surface area contributed by atoms with Crippen molar-refractivity contribution in [3.8, 4) is 0 Å². The summed E-state index contributed by atoms with van der Waals surface area (Å²) >= 11 is 1.81. The Hall–Kier alpha value is -1.03. The van der Waals surface area contributed by atoms with Gasteiger partial charge >= 0.3 is 0 Å². The highest BCUT2D eigenvalue weighted by Crippen LogP contribution is 2.22. The third kappa shape index (κ3) is 3.05. The van der Waals surface area contributed by atoms with E-state index in [4.69, 9.17) is 0 Å². The van der Waals surface area contributed by atoms with E-state index < -0.39 is 0 Å². The number of halogens is 1. The van der Waals surface area contributed by atoms with Crippen molar-refractivity contribution < 1.29 is 4.39 Å². The van der Waals surface area contributed by atoms with Gasteiger partial charge in [0.15, 0.2) is 5.17 Å².